The highest BCUT2D eigenvalue weighted by Crippen LogP contribution is 2.28. The van der Waals surface area contributed by atoms with E-state index < -0.39 is 5.92 Å². The molecule has 3 aromatic rings. The number of fused-ring (bicyclic) bond motifs is 1. The summed E-state index contributed by atoms with van der Waals surface area (Å²) in [7, 11) is 0. The lowest BCUT2D eigenvalue weighted by atomic mass is 9.95. The SMILES string of the molecule is CC1=CC(C)=NC(=O)C1CNC(=O)c1cc(-c2ccc(CN3CCOCC3)cc2)nc2c1ccn2C(C)C. The van der Waals surface area contributed by atoms with Gasteiger partial charge in [-0.15, -0.1) is 0 Å². The fourth-order valence-corrected chi connectivity index (χ4v) is 5.13. The van der Waals surface area contributed by atoms with Crippen molar-refractivity contribution in [1.29, 1.82) is 0 Å². The summed E-state index contributed by atoms with van der Waals surface area (Å²) in [6.07, 6.45) is 3.87. The summed E-state index contributed by atoms with van der Waals surface area (Å²) in [4.78, 5) is 37.4. The molecule has 1 fully saturated rings. The molecule has 2 aromatic heterocycles. The molecule has 0 radical (unpaired) electrons. The van der Waals surface area contributed by atoms with E-state index in [4.69, 9.17) is 9.72 Å². The number of pyridine rings is 1. The third-order valence-electron chi connectivity index (χ3n) is 7.28. The third kappa shape index (κ3) is 5.47. The van der Waals surface area contributed by atoms with Crippen LogP contribution in [-0.4, -0.2) is 64.8 Å². The molecule has 8 nitrogen and oxygen atoms in total. The number of benzene rings is 1. The molecule has 0 aliphatic carbocycles. The smallest absolute Gasteiger partial charge is 0.254 e. The number of rotatable bonds is 7. The van der Waals surface area contributed by atoms with Crippen molar-refractivity contribution in [1.82, 2.24) is 19.8 Å². The summed E-state index contributed by atoms with van der Waals surface area (Å²) in [6.45, 7) is 12.4. The number of ether oxygens (including phenoxy) is 1. The third-order valence-corrected chi connectivity index (χ3v) is 7.28. The Morgan fingerprint density at radius 1 is 1.13 bits per heavy atom. The fourth-order valence-electron chi connectivity index (χ4n) is 5.13. The Labute approximate surface area is 223 Å². The molecule has 4 heterocycles. The van der Waals surface area contributed by atoms with Crippen molar-refractivity contribution in [2.75, 3.05) is 32.8 Å². The number of hydrogen-bond acceptors (Lipinski definition) is 5. The summed E-state index contributed by atoms with van der Waals surface area (Å²) < 4.78 is 7.54. The van der Waals surface area contributed by atoms with Crippen LogP contribution >= 0.6 is 0 Å². The van der Waals surface area contributed by atoms with Gasteiger partial charge in [-0.3, -0.25) is 14.5 Å². The number of hydrogen-bond donors (Lipinski definition) is 1. The van der Waals surface area contributed by atoms with Crippen LogP contribution in [0, 0.1) is 5.92 Å². The Bertz CT molecular complexity index is 1410. The molecule has 38 heavy (non-hydrogen) atoms. The lowest BCUT2D eigenvalue weighted by Gasteiger charge is -2.26. The topological polar surface area (TPSA) is 88.8 Å². The van der Waals surface area contributed by atoms with Crippen LogP contribution in [0.2, 0.25) is 0 Å². The van der Waals surface area contributed by atoms with Crippen molar-refractivity contribution in [3.05, 3.63) is 65.4 Å². The molecule has 1 unspecified atom stereocenters. The first kappa shape index (κ1) is 26.0. The van der Waals surface area contributed by atoms with E-state index in [0.29, 0.717) is 11.3 Å². The predicted octanol–water partition coefficient (Wildman–Crippen LogP) is 4.41. The number of amides is 2. The molecule has 1 aromatic carbocycles. The molecule has 1 N–H and O–H groups in total. The lowest BCUT2D eigenvalue weighted by Crippen LogP contribution is -2.35. The number of carbonyl (C=O) groups is 2. The van der Waals surface area contributed by atoms with Gasteiger partial charge in [-0.25, -0.2) is 9.98 Å². The van der Waals surface area contributed by atoms with Gasteiger partial charge in [-0.05, 0) is 51.5 Å². The van der Waals surface area contributed by atoms with Gasteiger partial charge < -0.3 is 14.6 Å². The largest absolute Gasteiger partial charge is 0.379 e. The molecule has 8 heteroatoms. The van der Waals surface area contributed by atoms with Gasteiger partial charge >= 0.3 is 0 Å². The van der Waals surface area contributed by atoms with Crippen LogP contribution in [-0.2, 0) is 16.1 Å². The summed E-state index contributed by atoms with van der Waals surface area (Å²) in [5.41, 5.74) is 5.85. The zero-order valence-electron chi connectivity index (χ0n) is 22.5. The standard InChI is InChI=1S/C30H35N5O3/c1-19(2)35-10-9-24-25(29(36)31-17-26-20(3)15-21(4)32-30(26)37)16-27(33-28(24)35)23-7-5-22(6-8-23)18-34-11-13-38-14-12-34/h5-10,15-16,19,26H,11-14,17-18H2,1-4H3,(H,31,36). The molecular formula is C30H35N5O3. The average Bonchev–Trinajstić information content (AvgIpc) is 3.33. The number of aliphatic imine (C=N–C) groups is 1. The average molecular weight is 514 g/mol. The van der Waals surface area contributed by atoms with E-state index in [2.05, 4.69) is 57.9 Å². The second kappa shape index (κ2) is 11.0. The Morgan fingerprint density at radius 2 is 1.87 bits per heavy atom. The van der Waals surface area contributed by atoms with Gasteiger partial charge in [0.1, 0.15) is 5.65 Å². The molecule has 0 bridgehead atoms. The number of morpholine rings is 1. The Balaban J connectivity index is 1.42. The molecule has 2 aliphatic heterocycles. The van der Waals surface area contributed by atoms with Gasteiger partial charge in [0.15, 0.2) is 0 Å². The van der Waals surface area contributed by atoms with Crippen LogP contribution in [0.5, 0.6) is 0 Å². The Hall–Kier alpha value is -3.62. The number of nitrogens with one attached hydrogen (secondary N) is 1. The highest BCUT2D eigenvalue weighted by Gasteiger charge is 2.25. The highest BCUT2D eigenvalue weighted by molar-refractivity contribution is 6.08. The van der Waals surface area contributed by atoms with Crippen molar-refractivity contribution in [2.24, 2.45) is 10.9 Å². The van der Waals surface area contributed by atoms with Crippen LogP contribution in [0.25, 0.3) is 22.3 Å². The number of allylic oxidation sites excluding steroid dienone is 1. The second-order valence-corrected chi connectivity index (χ2v) is 10.4. The fraction of sp³-hybridized carbons (Fsp3) is 0.400. The number of nitrogens with zero attached hydrogens (tertiary/aromatic N) is 4. The van der Waals surface area contributed by atoms with E-state index in [1.165, 1.54) is 5.56 Å². The molecule has 1 atom stereocenters. The van der Waals surface area contributed by atoms with Crippen molar-refractivity contribution in [3.63, 3.8) is 0 Å². The Morgan fingerprint density at radius 3 is 2.55 bits per heavy atom. The summed E-state index contributed by atoms with van der Waals surface area (Å²) in [5, 5.41) is 3.78. The zero-order chi connectivity index (χ0) is 26.8. The van der Waals surface area contributed by atoms with Gasteiger partial charge in [0.05, 0.1) is 30.4 Å². The van der Waals surface area contributed by atoms with Gasteiger partial charge in [0.2, 0.25) is 0 Å². The van der Waals surface area contributed by atoms with E-state index in [-0.39, 0.29) is 24.4 Å². The molecule has 0 spiro atoms. The van der Waals surface area contributed by atoms with Crippen LogP contribution in [0.1, 0.15) is 49.7 Å². The Kier molecular flexibility index (Phi) is 7.53. The number of dihydropyridines is 1. The van der Waals surface area contributed by atoms with Crippen LogP contribution in [0.4, 0.5) is 0 Å². The molecule has 198 valence electrons. The van der Waals surface area contributed by atoms with E-state index in [1.54, 1.807) is 6.92 Å². The van der Waals surface area contributed by atoms with Gasteiger partial charge in [0, 0.05) is 55.1 Å². The van der Waals surface area contributed by atoms with Crippen LogP contribution in [0.3, 0.4) is 0 Å². The first-order chi connectivity index (χ1) is 18.3. The van der Waals surface area contributed by atoms with Crippen molar-refractivity contribution in [2.45, 2.75) is 40.3 Å². The van der Waals surface area contributed by atoms with E-state index in [0.717, 1.165) is 60.7 Å². The van der Waals surface area contributed by atoms with Gasteiger partial charge in [-0.1, -0.05) is 29.8 Å². The minimum atomic E-state index is -0.446. The van der Waals surface area contributed by atoms with Crippen LogP contribution in [0.15, 0.2) is 59.2 Å². The molecule has 5 rings (SSSR count). The second-order valence-electron chi connectivity index (χ2n) is 10.4. The van der Waals surface area contributed by atoms with Crippen molar-refractivity contribution >= 4 is 28.6 Å². The first-order valence-electron chi connectivity index (χ1n) is 13.3. The van der Waals surface area contributed by atoms with Gasteiger partial charge in [-0.2, -0.15) is 0 Å². The maximum Gasteiger partial charge on any atom is 0.254 e. The van der Waals surface area contributed by atoms with Crippen LogP contribution < -0.4 is 5.32 Å². The lowest BCUT2D eigenvalue weighted by molar-refractivity contribution is -0.120. The predicted molar refractivity (Wildman–Crippen MR) is 149 cm³/mol. The maximum atomic E-state index is 13.5. The molecule has 2 amide bonds. The minimum absolute atomic E-state index is 0.191. The van der Waals surface area contributed by atoms with E-state index in [9.17, 15) is 9.59 Å². The monoisotopic (exact) mass is 513 g/mol. The number of aromatic nitrogens is 2. The first-order valence-corrected chi connectivity index (χ1v) is 13.3. The molecular weight excluding hydrogens is 478 g/mol. The quantitative estimate of drug-likeness (QED) is 0.506. The molecule has 2 aliphatic rings. The van der Waals surface area contributed by atoms with Gasteiger partial charge in [0.25, 0.3) is 11.8 Å². The van der Waals surface area contributed by atoms with Crippen molar-refractivity contribution < 1.29 is 14.3 Å². The highest BCUT2D eigenvalue weighted by atomic mass is 16.5. The minimum Gasteiger partial charge on any atom is -0.379 e. The van der Waals surface area contributed by atoms with E-state index in [1.807, 2.05) is 31.3 Å². The molecule has 1 saturated heterocycles. The molecule has 0 saturated carbocycles. The zero-order valence-corrected chi connectivity index (χ0v) is 22.5. The maximum absolute atomic E-state index is 13.5. The summed E-state index contributed by atoms with van der Waals surface area (Å²) >= 11 is 0. The van der Waals surface area contributed by atoms with Crippen molar-refractivity contribution in [3.8, 4) is 11.3 Å². The summed E-state index contributed by atoms with van der Waals surface area (Å²) in [6, 6.07) is 12.4. The normalized spacial score (nSPS) is 18.6. The van der Waals surface area contributed by atoms with E-state index >= 15 is 0 Å². The number of carbonyl (C=O) groups excluding carboxylic acids is 2. The summed E-state index contributed by atoms with van der Waals surface area (Å²) in [5.74, 6) is -0.888.